The number of aromatic carboxylic acids is 1. The maximum absolute atomic E-state index is 13.9. The third-order valence-electron chi connectivity index (χ3n) is 3.26. The molecule has 20 heavy (non-hydrogen) atoms. The molecule has 0 bridgehead atoms. The van der Waals surface area contributed by atoms with Crippen LogP contribution in [0.25, 0.3) is 0 Å². The van der Waals surface area contributed by atoms with Crippen LogP contribution in [-0.4, -0.2) is 34.5 Å². The average molecular weight is 279 g/mol. The number of carbonyl (C=O) groups is 2. The van der Waals surface area contributed by atoms with E-state index in [1.54, 1.807) is 4.90 Å². The quantitative estimate of drug-likeness (QED) is 0.901. The van der Waals surface area contributed by atoms with Gasteiger partial charge in [-0.2, -0.15) is 0 Å². The zero-order valence-corrected chi connectivity index (χ0v) is 11.6. The summed E-state index contributed by atoms with van der Waals surface area (Å²) in [6, 6.07) is 3.62. The number of carbonyl (C=O) groups excluding carboxylic acids is 1. The number of hydrogen-bond acceptors (Lipinski definition) is 2. The van der Waals surface area contributed by atoms with Crippen LogP contribution in [0.1, 0.15) is 47.4 Å². The van der Waals surface area contributed by atoms with Crippen molar-refractivity contribution in [3.05, 3.63) is 35.1 Å². The minimum atomic E-state index is -1.20. The Kier molecular flexibility index (Phi) is 4.06. The van der Waals surface area contributed by atoms with Crippen LogP contribution in [-0.2, 0) is 0 Å². The van der Waals surface area contributed by atoms with Gasteiger partial charge in [0, 0.05) is 12.6 Å². The summed E-state index contributed by atoms with van der Waals surface area (Å²) in [5, 5.41) is 8.80. The molecule has 108 valence electrons. The molecular weight excluding hydrogens is 261 g/mol. The number of rotatable bonds is 5. The van der Waals surface area contributed by atoms with E-state index in [4.69, 9.17) is 5.11 Å². The maximum Gasteiger partial charge on any atom is 0.335 e. The van der Waals surface area contributed by atoms with Crippen molar-refractivity contribution in [1.82, 2.24) is 4.90 Å². The first-order valence-corrected chi connectivity index (χ1v) is 6.74. The number of halogens is 1. The molecule has 0 saturated heterocycles. The van der Waals surface area contributed by atoms with Gasteiger partial charge in [-0.15, -0.1) is 0 Å². The molecule has 0 aromatic heterocycles. The first kappa shape index (κ1) is 14.5. The van der Waals surface area contributed by atoms with Crippen LogP contribution in [0.4, 0.5) is 4.39 Å². The second kappa shape index (κ2) is 5.61. The number of carboxylic acids is 1. The molecule has 0 aliphatic heterocycles. The molecule has 1 fully saturated rings. The highest BCUT2D eigenvalue weighted by atomic mass is 19.1. The van der Waals surface area contributed by atoms with Crippen LogP contribution in [0.3, 0.4) is 0 Å². The lowest BCUT2D eigenvalue weighted by atomic mass is 10.1. The molecule has 0 spiro atoms. The molecule has 0 unspecified atom stereocenters. The largest absolute Gasteiger partial charge is 0.478 e. The monoisotopic (exact) mass is 279 g/mol. The number of carboxylic acid groups (broad SMARTS) is 1. The van der Waals surface area contributed by atoms with Gasteiger partial charge in [-0.3, -0.25) is 4.79 Å². The van der Waals surface area contributed by atoms with Crippen molar-refractivity contribution in [1.29, 1.82) is 0 Å². The molecule has 0 radical (unpaired) electrons. The second-order valence-electron chi connectivity index (χ2n) is 5.58. The zero-order chi connectivity index (χ0) is 14.9. The first-order chi connectivity index (χ1) is 9.40. The van der Waals surface area contributed by atoms with Crippen LogP contribution in [0.15, 0.2) is 18.2 Å². The first-order valence-electron chi connectivity index (χ1n) is 6.74. The molecule has 1 aromatic carbocycles. The third kappa shape index (κ3) is 3.15. The lowest BCUT2D eigenvalue weighted by Gasteiger charge is -2.24. The summed E-state index contributed by atoms with van der Waals surface area (Å²) in [4.78, 5) is 24.9. The Morgan fingerprint density at radius 3 is 2.50 bits per heavy atom. The summed E-state index contributed by atoms with van der Waals surface area (Å²) in [6.45, 7) is 4.60. The van der Waals surface area contributed by atoms with Crippen LogP contribution in [0, 0.1) is 11.7 Å². The number of hydrogen-bond donors (Lipinski definition) is 1. The Morgan fingerprint density at radius 2 is 2.05 bits per heavy atom. The Balaban J connectivity index is 2.25. The van der Waals surface area contributed by atoms with Crippen LogP contribution in [0.5, 0.6) is 0 Å². The summed E-state index contributed by atoms with van der Waals surface area (Å²) in [7, 11) is 0. The van der Waals surface area contributed by atoms with E-state index >= 15 is 0 Å². The van der Waals surface area contributed by atoms with Crippen molar-refractivity contribution in [3.63, 3.8) is 0 Å². The van der Waals surface area contributed by atoms with Gasteiger partial charge >= 0.3 is 5.97 Å². The predicted molar refractivity (Wildman–Crippen MR) is 72.3 cm³/mol. The van der Waals surface area contributed by atoms with Crippen molar-refractivity contribution in [2.45, 2.75) is 32.7 Å². The van der Waals surface area contributed by atoms with Gasteiger partial charge in [-0.25, -0.2) is 9.18 Å². The summed E-state index contributed by atoms with van der Waals surface area (Å²) in [6.07, 6.45) is 1.90. The molecule has 1 aliphatic rings. The van der Waals surface area contributed by atoms with Crippen molar-refractivity contribution in [3.8, 4) is 0 Å². The standard InChI is InChI=1S/C15H18FNO3/c1-9(2)8-17(11-4-5-11)14(18)12-6-3-10(15(19)20)7-13(12)16/h3,6-7,9,11H,4-5,8H2,1-2H3,(H,19,20). The fourth-order valence-electron chi connectivity index (χ4n) is 2.15. The topological polar surface area (TPSA) is 57.6 Å². The molecule has 0 heterocycles. The fourth-order valence-corrected chi connectivity index (χ4v) is 2.15. The van der Waals surface area contributed by atoms with Crippen LogP contribution >= 0.6 is 0 Å². The van der Waals surface area contributed by atoms with Gasteiger partial charge in [0.1, 0.15) is 5.82 Å². The lowest BCUT2D eigenvalue weighted by molar-refractivity contribution is 0.0688. The molecule has 1 aromatic rings. The van der Waals surface area contributed by atoms with E-state index in [0.29, 0.717) is 12.5 Å². The van der Waals surface area contributed by atoms with E-state index in [9.17, 15) is 14.0 Å². The molecule has 1 amide bonds. The molecular formula is C15H18FNO3. The summed E-state index contributed by atoms with van der Waals surface area (Å²) in [5.41, 5.74) is -0.205. The van der Waals surface area contributed by atoms with E-state index in [-0.39, 0.29) is 23.1 Å². The fraction of sp³-hybridized carbons (Fsp3) is 0.467. The van der Waals surface area contributed by atoms with Gasteiger partial charge < -0.3 is 10.0 Å². The van der Waals surface area contributed by atoms with E-state index in [0.717, 1.165) is 18.9 Å². The van der Waals surface area contributed by atoms with Crippen molar-refractivity contribution in [2.24, 2.45) is 5.92 Å². The second-order valence-corrected chi connectivity index (χ2v) is 5.58. The van der Waals surface area contributed by atoms with Crippen LogP contribution < -0.4 is 0 Å². The van der Waals surface area contributed by atoms with Crippen LogP contribution in [0.2, 0.25) is 0 Å². The van der Waals surface area contributed by atoms with Crippen molar-refractivity contribution < 1.29 is 19.1 Å². The molecule has 4 nitrogen and oxygen atoms in total. The predicted octanol–water partition coefficient (Wildman–Crippen LogP) is 2.78. The Hall–Kier alpha value is -1.91. The minimum absolute atomic E-state index is 0.0532. The molecule has 1 saturated carbocycles. The normalized spacial score (nSPS) is 14.4. The van der Waals surface area contributed by atoms with Gasteiger partial charge in [-0.05, 0) is 37.0 Å². The van der Waals surface area contributed by atoms with E-state index in [2.05, 4.69) is 0 Å². The van der Waals surface area contributed by atoms with Gasteiger partial charge in [0.15, 0.2) is 0 Å². The van der Waals surface area contributed by atoms with E-state index in [1.807, 2.05) is 13.8 Å². The van der Waals surface area contributed by atoms with E-state index in [1.165, 1.54) is 12.1 Å². The highest BCUT2D eigenvalue weighted by Gasteiger charge is 2.34. The molecule has 5 heteroatoms. The summed E-state index contributed by atoms with van der Waals surface area (Å²) >= 11 is 0. The summed E-state index contributed by atoms with van der Waals surface area (Å²) in [5.74, 6) is -2.02. The maximum atomic E-state index is 13.9. The highest BCUT2D eigenvalue weighted by molar-refractivity contribution is 5.96. The minimum Gasteiger partial charge on any atom is -0.478 e. The Labute approximate surface area is 117 Å². The average Bonchev–Trinajstić information content (AvgIpc) is 3.19. The van der Waals surface area contributed by atoms with Gasteiger partial charge in [0.2, 0.25) is 0 Å². The van der Waals surface area contributed by atoms with Gasteiger partial charge in [0.25, 0.3) is 5.91 Å². The lowest BCUT2D eigenvalue weighted by Crippen LogP contribution is -2.36. The number of nitrogens with zero attached hydrogens (tertiary/aromatic N) is 1. The smallest absolute Gasteiger partial charge is 0.335 e. The molecule has 1 aliphatic carbocycles. The molecule has 0 atom stereocenters. The SMILES string of the molecule is CC(C)CN(C(=O)c1ccc(C(=O)O)cc1F)C1CC1. The zero-order valence-electron chi connectivity index (χ0n) is 11.6. The third-order valence-corrected chi connectivity index (χ3v) is 3.26. The highest BCUT2D eigenvalue weighted by Crippen LogP contribution is 2.29. The van der Waals surface area contributed by atoms with Gasteiger partial charge in [-0.1, -0.05) is 13.8 Å². The number of amides is 1. The molecule has 2 rings (SSSR count). The molecule has 1 N–H and O–H groups in total. The van der Waals surface area contributed by atoms with Crippen molar-refractivity contribution in [2.75, 3.05) is 6.54 Å². The number of benzene rings is 1. The van der Waals surface area contributed by atoms with Crippen molar-refractivity contribution >= 4 is 11.9 Å². The Morgan fingerprint density at radius 1 is 1.40 bits per heavy atom. The Bertz CT molecular complexity index is 538. The summed E-state index contributed by atoms with van der Waals surface area (Å²) < 4.78 is 13.9. The van der Waals surface area contributed by atoms with E-state index < -0.39 is 11.8 Å². The van der Waals surface area contributed by atoms with Gasteiger partial charge in [0.05, 0.1) is 11.1 Å².